The molecule has 2 rings (SSSR count). The molecule has 0 aliphatic rings. The Morgan fingerprint density at radius 2 is 1.52 bits per heavy atom. The molecule has 6 heteroatoms. The van der Waals surface area contributed by atoms with E-state index in [0.717, 1.165) is 16.1 Å². The lowest BCUT2D eigenvalue weighted by Crippen LogP contribution is -2.18. The predicted octanol–water partition coefficient (Wildman–Crippen LogP) is 3.26. The Morgan fingerprint density at radius 1 is 0.880 bits per heavy atom. The van der Waals surface area contributed by atoms with Crippen LogP contribution in [0.2, 0.25) is 0 Å². The Labute approximate surface area is 151 Å². The Morgan fingerprint density at radius 3 is 2.08 bits per heavy atom. The van der Waals surface area contributed by atoms with Gasteiger partial charge in [0.25, 0.3) is 0 Å². The molecule has 0 aliphatic heterocycles. The van der Waals surface area contributed by atoms with Gasteiger partial charge in [0.2, 0.25) is 11.8 Å². The monoisotopic (exact) mass is 356 g/mol. The molecule has 0 saturated carbocycles. The van der Waals surface area contributed by atoms with Crippen molar-refractivity contribution >= 4 is 35.0 Å². The second-order valence-corrected chi connectivity index (χ2v) is 6.57. The van der Waals surface area contributed by atoms with Crippen molar-refractivity contribution in [2.24, 2.45) is 0 Å². The van der Waals surface area contributed by atoms with Gasteiger partial charge in [-0.2, -0.15) is 0 Å². The molecule has 0 atom stereocenters. The number of rotatable bonds is 7. The number of nitrogens with one attached hydrogen (secondary N) is 2. The number of hydrogen-bond acceptors (Lipinski definition) is 4. The zero-order valence-corrected chi connectivity index (χ0v) is 15.0. The van der Waals surface area contributed by atoms with E-state index in [0.29, 0.717) is 17.9 Å². The summed E-state index contributed by atoms with van der Waals surface area (Å²) in [7, 11) is 0. The lowest BCUT2D eigenvalue weighted by atomic mass is 10.1. The van der Waals surface area contributed by atoms with Crippen molar-refractivity contribution in [3.8, 4) is 0 Å². The quantitative estimate of drug-likeness (QED) is 0.590. The van der Waals surface area contributed by atoms with Gasteiger partial charge in [0.1, 0.15) is 0 Å². The van der Waals surface area contributed by atoms with Gasteiger partial charge < -0.3 is 10.6 Å². The van der Waals surface area contributed by atoms with Crippen LogP contribution >= 0.6 is 11.8 Å². The first-order valence-corrected chi connectivity index (χ1v) is 8.79. The van der Waals surface area contributed by atoms with E-state index >= 15 is 0 Å². The van der Waals surface area contributed by atoms with Gasteiger partial charge in [-0.3, -0.25) is 14.4 Å². The first-order chi connectivity index (χ1) is 11.9. The molecule has 130 valence electrons. The molecule has 0 fully saturated rings. The van der Waals surface area contributed by atoms with E-state index in [1.54, 1.807) is 12.1 Å². The highest BCUT2D eigenvalue weighted by Crippen LogP contribution is 2.21. The van der Waals surface area contributed by atoms with Crippen molar-refractivity contribution < 1.29 is 14.4 Å². The fourth-order valence-electron chi connectivity index (χ4n) is 2.10. The summed E-state index contributed by atoms with van der Waals surface area (Å²) in [6.07, 6.45) is 0. The number of thioether (sulfide) groups is 1. The van der Waals surface area contributed by atoms with Crippen molar-refractivity contribution in [2.75, 3.05) is 11.1 Å². The minimum Gasteiger partial charge on any atom is -0.352 e. The molecule has 25 heavy (non-hydrogen) atoms. The largest absolute Gasteiger partial charge is 0.352 e. The average molecular weight is 356 g/mol. The SMILES string of the molecule is CC(=O)NCc1ccc(C(=O)CSc2ccc(NC(C)=O)cc2)cc1. The number of ketones is 1. The average Bonchev–Trinajstić information content (AvgIpc) is 2.59. The van der Waals surface area contributed by atoms with Crippen molar-refractivity contribution in [1.82, 2.24) is 5.32 Å². The van der Waals surface area contributed by atoms with Gasteiger partial charge in [-0.15, -0.1) is 11.8 Å². The summed E-state index contributed by atoms with van der Waals surface area (Å²) in [4.78, 5) is 35.1. The van der Waals surface area contributed by atoms with Gasteiger partial charge in [0.05, 0.1) is 5.75 Å². The zero-order chi connectivity index (χ0) is 18.2. The molecule has 2 N–H and O–H groups in total. The molecule has 0 aromatic heterocycles. The third kappa shape index (κ3) is 6.43. The standard InChI is InChI=1S/C19H20N2O3S/c1-13(22)20-11-15-3-5-16(6-4-15)19(24)12-25-18-9-7-17(8-10-18)21-14(2)23/h3-10H,11-12H2,1-2H3,(H,20,22)(H,21,23). The molecular formula is C19H20N2O3S. The third-order valence-corrected chi connectivity index (χ3v) is 4.37. The molecule has 0 spiro atoms. The maximum atomic E-state index is 12.3. The smallest absolute Gasteiger partial charge is 0.221 e. The summed E-state index contributed by atoms with van der Waals surface area (Å²) >= 11 is 1.45. The molecular weight excluding hydrogens is 336 g/mol. The Bertz CT molecular complexity index is 755. The number of amides is 2. The molecule has 2 aromatic carbocycles. The number of carbonyl (C=O) groups is 3. The van der Waals surface area contributed by atoms with Crippen molar-refractivity contribution in [3.05, 3.63) is 59.7 Å². The predicted molar refractivity (Wildman–Crippen MR) is 99.8 cm³/mol. The summed E-state index contributed by atoms with van der Waals surface area (Å²) in [5.41, 5.74) is 2.33. The summed E-state index contributed by atoms with van der Waals surface area (Å²) in [5, 5.41) is 5.42. The van der Waals surface area contributed by atoms with E-state index < -0.39 is 0 Å². The summed E-state index contributed by atoms with van der Waals surface area (Å²) < 4.78 is 0. The fraction of sp³-hybridized carbons (Fsp3) is 0.211. The van der Waals surface area contributed by atoms with Gasteiger partial charge in [0.15, 0.2) is 5.78 Å². The van der Waals surface area contributed by atoms with Gasteiger partial charge in [-0.05, 0) is 29.8 Å². The molecule has 2 aromatic rings. The zero-order valence-electron chi connectivity index (χ0n) is 14.2. The minimum atomic E-state index is -0.113. The number of carbonyl (C=O) groups excluding carboxylic acids is 3. The molecule has 0 heterocycles. The highest BCUT2D eigenvalue weighted by atomic mass is 32.2. The van der Waals surface area contributed by atoms with Crippen molar-refractivity contribution in [3.63, 3.8) is 0 Å². The molecule has 0 radical (unpaired) electrons. The molecule has 2 amide bonds. The van der Waals surface area contributed by atoms with Crippen LogP contribution in [0.15, 0.2) is 53.4 Å². The summed E-state index contributed by atoms with van der Waals surface area (Å²) in [6.45, 7) is 3.39. The van der Waals surface area contributed by atoms with E-state index in [9.17, 15) is 14.4 Å². The van der Waals surface area contributed by atoms with E-state index in [1.165, 1.54) is 25.6 Å². The number of Topliss-reactive ketones (excluding diaryl/α,β-unsaturated/α-hetero) is 1. The van der Waals surface area contributed by atoms with Crippen LogP contribution in [-0.4, -0.2) is 23.4 Å². The highest BCUT2D eigenvalue weighted by molar-refractivity contribution is 8.00. The Kier molecular flexibility index (Phi) is 6.77. The van der Waals surface area contributed by atoms with Crippen LogP contribution < -0.4 is 10.6 Å². The van der Waals surface area contributed by atoms with Crippen molar-refractivity contribution in [1.29, 1.82) is 0 Å². The third-order valence-electron chi connectivity index (χ3n) is 3.36. The van der Waals surface area contributed by atoms with Gasteiger partial charge in [-0.25, -0.2) is 0 Å². The van der Waals surface area contributed by atoms with Crippen LogP contribution in [0.25, 0.3) is 0 Å². The second-order valence-electron chi connectivity index (χ2n) is 5.52. The maximum Gasteiger partial charge on any atom is 0.221 e. The van der Waals surface area contributed by atoms with Crippen LogP contribution in [0.1, 0.15) is 29.8 Å². The topological polar surface area (TPSA) is 75.3 Å². The van der Waals surface area contributed by atoms with E-state index in [-0.39, 0.29) is 17.6 Å². The van der Waals surface area contributed by atoms with Crippen LogP contribution in [0.3, 0.4) is 0 Å². The van der Waals surface area contributed by atoms with Gasteiger partial charge >= 0.3 is 0 Å². The molecule has 0 saturated heterocycles. The number of anilines is 1. The van der Waals surface area contributed by atoms with Crippen LogP contribution in [-0.2, 0) is 16.1 Å². The lowest BCUT2D eigenvalue weighted by molar-refractivity contribution is -0.119. The first kappa shape index (κ1) is 18.7. The Hall–Kier alpha value is -2.60. The molecule has 0 aliphatic carbocycles. The fourth-order valence-corrected chi connectivity index (χ4v) is 2.90. The van der Waals surface area contributed by atoms with Crippen LogP contribution in [0, 0.1) is 0 Å². The van der Waals surface area contributed by atoms with E-state index in [4.69, 9.17) is 0 Å². The van der Waals surface area contributed by atoms with Gasteiger partial charge in [0, 0.05) is 36.5 Å². The second kappa shape index (κ2) is 9.03. The minimum absolute atomic E-state index is 0.0435. The summed E-state index contributed by atoms with van der Waals surface area (Å²) in [5.74, 6) is 0.186. The van der Waals surface area contributed by atoms with E-state index in [2.05, 4.69) is 10.6 Å². The first-order valence-electron chi connectivity index (χ1n) is 7.81. The van der Waals surface area contributed by atoms with Crippen LogP contribution in [0.4, 0.5) is 5.69 Å². The maximum absolute atomic E-state index is 12.3. The van der Waals surface area contributed by atoms with Gasteiger partial charge in [-0.1, -0.05) is 24.3 Å². The lowest BCUT2D eigenvalue weighted by Gasteiger charge is -2.06. The molecule has 0 bridgehead atoms. The molecule has 0 unspecified atom stereocenters. The number of benzene rings is 2. The normalized spacial score (nSPS) is 10.2. The van der Waals surface area contributed by atoms with Crippen molar-refractivity contribution in [2.45, 2.75) is 25.3 Å². The Balaban J connectivity index is 1.87. The molecule has 5 nitrogen and oxygen atoms in total. The van der Waals surface area contributed by atoms with Crippen LogP contribution in [0.5, 0.6) is 0 Å². The van der Waals surface area contributed by atoms with E-state index in [1.807, 2.05) is 36.4 Å². The highest BCUT2D eigenvalue weighted by Gasteiger charge is 2.07. The summed E-state index contributed by atoms with van der Waals surface area (Å²) in [6, 6.07) is 14.6. The number of hydrogen-bond donors (Lipinski definition) is 2.